The van der Waals surface area contributed by atoms with Gasteiger partial charge in [-0.05, 0) is 55.2 Å². The van der Waals surface area contributed by atoms with Gasteiger partial charge in [-0.2, -0.15) is 0 Å². The fraction of sp³-hybridized carbons (Fsp3) is 0.391. The van der Waals surface area contributed by atoms with Crippen molar-refractivity contribution in [1.82, 2.24) is 10.2 Å². The summed E-state index contributed by atoms with van der Waals surface area (Å²) >= 11 is 24.4. The molecule has 2 aromatic rings. The van der Waals surface area contributed by atoms with E-state index in [1.54, 1.807) is 48.2 Å². The second kappa shape index (κ2) is 10.9. The number of nitrogens with zero attached hydrogens (tertiary/aromatic N) is 1. The maximum absolute atomic E-state index is 13.3. The van der Waals surface area contributed by atoms with Crippen molar-refractivity contribution in [3.05, 3.63) is 67.6 Å². The van der Waals surface area contributed by atoms with Crippen molar-refractivity contribution in [2.75, 3.05) is 0 Å². The van der Waals surface area contributed by atoms with E-state index in [9.17, 15) is 9.59 Å². The third-order valence-corrected chi connectivity index (χ3v) is 6.89. The van der Waals surface area contributed by atoms with Gasteiger partial charge in [0.25, 0.3) is 0 Å². The van der Waals surface area contributed by atoms with Gasteiger partial charge in [0.1, 0.15) is 6.04 Å². The minimum absolute atomic E-state index is 0.0865. The Kier molecular flexibility index (Phi) is 8.51. The van der Waals surface area contributed by atoms with E-state index < -0.39 is 6.04 Å². The zero-order valence-corrected chi connectivity index (χ0v) is 20.2. The van der Waals surface area contributed by atoms with Crippen LogP contribution in [0.2, 0.25) is 20.1 Å². The van der Waals surface area contributed by atoms with Crippen LogP contribution < -0.4 is 5.32 Å². The summed E-state index contributed by atoms with van der Waals surface area (Å²) in [5.74, 6) is -0.377. The molecule has 0 bridgehead atoms. The molecular weight excluding hydrogens is 478 g/mol. The molecule has 1 fully saturated rings. The zero-order chi connectivity index (χ0) is 22.5. The van der Waals surface area contributed by atoms with E-state index in [0.29, 0.717) is 25.7 Å². The first-order valence-electron chi connectivity index (χ1n) is 10.2. The van der Waals surface area contributed by atoms with E-state index >= 15 is 0 Å². The number of benzene rings is 2. The molecule has 1 aliphatic carbocycles. The molecule has 4 nitrogen and oxygen atoms in total. The van der Waals surface area contributed by atoms with Crippen molar-refractivity contribution in [2.24, 2.45) is 0 Å². The fourth-order valence-corrected chi connectivity index (χ4v) is 4.52. The molecule has 2 aromatic carbocycles. The summed E-state index contributed by atoms with van der Waals surface area (Å²) in [5, 5.41) is 4.84. The normalized spacial score (nSPS) is 15.0. The molecule has 1 saturated carbocycles. The van der Waals surface area contributed by atoms with Gasteiger partial charge in [-0.25, -0.2) is 0 Å². The maximum atomic E-state index is 13.3. The Morgan fingerprint density at radius 3 is 2.35 bits per heavy atom. The van der Waals surface area contributed by atoms with Crippen LogP contribution in [0.3, 0.4) is 0 Å². The molecule has 0 saturated heterocycles. The van der Waals surface area contributed by atoms with Crippen LogP contribution >= 0.6 is 46.4 Å². The monoisotopic (exact) mass is 500 g/mol. The average Bonchev–Trinajstić information content (AvgIpc) is 3.22. The minimum atomic E-state index is -0.664. The number of halogens is 4. The Hall–Kier alpha value is -1.46. The highest BCUT2D eigenvalue weighted by molar-refractivity contribution is 6.42. The van der Waals surface area contributed by atoms with Crippen LogP contribution in [0, 0.1) is 0 Å². The summed E-state index contributed by atoms with van der Waals surface area (Å²) in [6.45, 7) is 1.93. The summed E-state index contributed by atoms with van der Waals surface area (Å²) in [4.78, 5) is 27.7. The van der Waals surface area contributed by atoms with Crippen molar-refractivity contribution in [3.8, 4) is 0 Å². The minimum Gasteiger partial charge on any atom is -0.352 e. The van der Waals surface area contributed by atoms with E-state index in [1.165, 1.54) is 0 Å². The number of hydrogen-bond acceptors (Lipinski definition) is 2. The van der Waals surface area contributed by atoms with Crippen molar-refractivity contribution < 1.29 is 9.59 Å². The van der Waals surface area contributed by atoms with Gasteiger partial charge in [0.05, 0.1) is 16.5 Å². The number of amides is 2. The van der Waals surface area contributed by atoms with Gasteiger partial charge in [-0.3, -0.25) is 9.59 Å². The zero-order valence-electron chi connectivity index (χ0n) is 17.1. The molecule has 3 rings (SSSR count). The molecule has 1 unspecified atom stereocenters. The highest BCUT2D eigenvalue weighted by Crippen LogP contribution is 2.26. The highest BCUT2D eigenvalue weighted by Gasteiger charge is 2.29. The first kappa shape index (κ1) is 24.2. The van der Waals surface area contributed by atoms with Gasteiger partial charge >= 0.3 is 0 Å². The van der Waals surface area contributed by atoms with Gasteiger partial charge in [-0.1, -0.05) is 71.4 Å². The third-order valence-electron chi connectivity index (χ3n) is 5.56. The molecule has 0 radical (unpaired) electrons. The number of hydrogen-bond donors (Lipinski definition) is 1. The Labute approximate surface area is 202 Å². The van der Waals surface area contributed by atoms with Crippen LogP contribution in [0.15, 0.2) is 36.4 Å². The Bertz CT molecular complexity index is 961. The molecular formula is C23H24Cl4N2O2. The largest absolute Gasteiger partial charge is 0.352 e. The van der Waals surface area contributed by atoms with Crippen LogP contribution in [0.1, 0.15) is 43.7 Å². The molecule has 0 aliphatic heterocycles. The number of rotatable bonds is 7. The van der Waals surface area contributed by atoms with Gasteiger partial charge in [-0.15, -0.1) is 0 Å². The molecule has 8 heteroatoms. The Morgan fingerprint density at radius 1 is 1.00 bits per heavy atom. The van der Waals surface area contributed by atoms with Crippen molar-refractivity contribution >= 4 is 58.2 Å². The number of carbonyl (C=O) groups excluding carboxylic acids is 2. The summed E-state index contributed by atoms with van der Waals surface area (Å²) in [5.41, 5.74) is 1.43. The first-order chi connectivity index (χ1) is 14.7. The molecule has 0 aromatic heterocycles. The summed E-state index contributed by atoms with van der Waals surface area (Å²) in [6, 6.07) is 9.69. The van der Waals surface area contributed by atoms with E-state index in [1.807, 2.05) is 0 Å². The molecule has 1 N–H and O–H groups in total. The summed E-state index contributed by atoms with van der Waals surface area (Å²) in [6.07, 6.45) is 4.25. The Balaban J connectivity index is 1.81. The summed E-state index contributed by atoms with van der Waals surface area (Å²) < 4.78 is 0. The maximum Gasteiger partial charge on any atom is 0.242 e. The smallest absolute Gasteiger partial charge is 0.242 e. The van der Waals surface area contributed by atoms with Gasteiger partial charge < -0.3 is 10.2 Å². The van der Waals surface area contributed by atoms with Gasteiger partial charge in [0.2, 0.25) is 11.8 Å². The predicted molar refractivity (Wildman–Crippen MR) is 127 cm³/mol. The Morgan fingerprint density at radius 2 is 1.71 bits per heavy atom. The highest BCUT2D eigenvalue weighted by atomic mass is 35.5. The lowest BCUT2D eigenvalue weighted by Gasteiger charge is -2.30. The van der Waals surface area contributed by atoms with E-state index in [2.05, 4.69) is 5.32 Å². The standard InChI is InChI=1S/C23H24Cl4N2O2/c1-14(23(31)28-18-4-2-3-5-18)29(13-16-7-8-17(24)12-20(16)26)22(30)11-15-6-9-19(25)21(27)10-15/h6-10,12,14,18H,2-5,11,13H2,1H3,(H,28,31). The lowest BCUT2D eigenvalue weighted by molar-refractivity contribution is -0.140. The molecule has 2 amide bonds. The number of carbonyl (C=O) groups is 2. The average molecular weight is 502 g/mol. The number of nitrogens with one attached hydrogen (secondary N) is 1. The van der Waals surface area contributed by atoms with E-state index in [4.69, 9.17) is 46.4 Å². The summed E-state index contributed by atoms with van der Waals surface area (Å²) in [7, 11) is 0. The van der Waals surface area contributed by atoms with Crippen molar-refractivity contribution in [1.29, 1.82) is 0 Å². The second-order valence-electron chi connectivity index (χ2n) is 7.85. The van der Waals surface area contributed by atoms with Crippen LogP contribution in [-0.2, 0) is 22.6 Å². The van der Waals surface area contributed by atoms with Crippen LogP contribution in [-0.4, -0.2) is 28.8 Å². The quantitative estimate of drug-likeness (QED) is 0.482. The lowest BCUT2D eigenvalue weighted by Crippen LogP contribution is -2.50. The van der Waals surface area contributed by atoms with E-state index in [0.717, 1.165) is 31.2 Å². The topological polar surface area (TPSA) is 49.4 Å². The van der Waals surface area contributed by atoms with E-state index in [-0.39, 0.29) is 30.8 Å². The third kappa shape index (κ3) is 6.52. The predicted octanol–water partition coefficient (Wildman–Crippen LogP) is 6.32. The second-order valence-corrected chi connectivity index (χ2v) is 9.51. The van der Waals surface area contributed by atoms with Gasteiger partial charge in [0, 0.05) is 22.6 Å². The van der Waals surface area contributed by atoms with Crippen molar-refractivity contribution in [2.45, 2.75) is 57.7 Å². The van der Waals surface area contributed by atoms with Crippen molar-refractivity contribution in [3.63, 3.8) is 0 Å². The molecule has 0 spiro atoms. The van der Waals surface area contributed by atoms with Crippen LogP contribution in [0.4, 0.5) is 0 Å². The SMILES string of the molecule is CC(C(=O)NC1CCCC1)N(Cc1ccc(Cl)cc1Cl)C(=O)Cc1ccc(Cl)c(Cl)c1. The lowest BCUT2D eigenvalue weighted by atomic mass is 10.1. The molecule has 31 heavy (non-hydrogen) atoms. The first-order valence-corrected chi connectivity index (χ1v) is 11.7. The van der Waals surface area contributed by atoms with Crippen LogP contribution in [0.5, 0.6) is 0 Å². The fourth-order valence-electron chi connectivity index (χ4n) is 3.73. The molecule has 0 heterocycles. The van der Waals surface area contributed by atoms with Crippen LogP contribution in [0.25, 0.3) is 0 Å². The van der Waals surface area contributed by atoms with Gasteiger partial charge in [0.15, 0.2) is 0 Å². The molecule has 166 valence electrons. The molecule has 1 atom stereocenters. The molecule has 1 aliphatic rings.